The second-order valence-corrected chi connectivity index (χ2v) is 7.35. The molecular formula is C24H18N2O3. The van der Waals surface area contributed by atoms with Gasteiger partial charge in [0.05, 0.1) is 0 Å². The molecule has 1 heterocycles. The fraction of sp³-hybridized carbons (Fsp3) is 0.125. The summed E-state index contributed by atoms with van der Waals surface area (Å²) < 4.78 is 0. The summed E-state index contributed by atoms with van der Waals surface area (Å²) in [4.78, 5) is 38.9. The van der Waals surface area contributed by atoms with E-state index in [2.05, 4.69) is 5.32 Å². The van der Waals surface area contributed by atoms with Crippen LogP contribution in [0.1, 0.15) is 38.8 Å². The first-order valence-corrected chi connectivity index (χ1v) is 9.53. The summed E-state index contributed by atoms with van der Waals surface area (Å²) in [5.74, 6) is -0.297. The zero-order valence-corrected chi connectivity index (χ0v) is 15.9. The van der Waals surface area contributed by atoms with Gasteiger partial charge >= 0.3 is 0 Å². The Hall–Kier alpha value is -3.73. The van der Waals surface area contributed by atoms with Crippen LogP contribution in [-0.2, 0) is 11.2 Å². The predicted octanol–water partition coefficient (Wildman–Crippen LogP) is 4.06. The molecule has 5 heteroatoms. The molecular weight excluding hydrogens is 364 g/mol. The Labute approximate surface area is 168 Å². The molecule has 0 aromatic heterocycles. The van der Waals surface area contributed by atoms with Crippen LogP contribution in [0.2, 0.25) is 0 Å². The van der Waals surface area contributed by atoms with Gasteiger partial charge in [0.1, 0.15) is 0 Å². The number of carbonyl (C=O) groups excluding carboxylic acids is 3. The molecule has 3 aromatic carbocycles. The van der Waals surface area contributed by atoms with Crippen molar-refractivity contribution in [2.75, 3.05) is 16.8 Å². The Morgan fingerprint density at radius 1 is 0.897 bits per heavy atom. The molecule has 1 N–H and O–H groups in total. The maximum Gasteiger partial charge on any atom is 0.255 e. The minimum Gasteiger partial charge on any atom is -0.322 e. The highest BCUT2D eigenvalue weighted by atomic mass is 16.2. The van der Waals surface area contributed by atoms with Crippen molar-refractivity contribution in [3.05, 3.63) is 82.9 Å². The van der Waals surface area contributed by atoms with Gasteiger partial charge in [0.15, 0.2) is 5.78 Å². The Morgan fingerprint density at radius 2 is 1.66 bits per heavy atom. The summed E-state index contributed by atoms with van der Waals surface area (Å²) in [6, 6.07) is 18.3. The third-order valence-electron chi connectivity index (χ3n) is 5.60. The number of fused-ring (bicyclic) bond motifs is 4. The van der Waals surface area contributed by atoms with Gasteiger partial charge in [-0.25, -0.2) is 0 Å². The smallest absolute Gasteiger partial charge is 0.255 e. The van der Waals surface area contributed by atoms with Crippen molar-refractivity contribution in [3.8, 4) is 11.1 Å². The number of ketones is 1. The first kappa shape index (κ1) is 17.4. The Bertz CT molecular complexity index is 1210. The van der Waals surface area contributed by atoms with E-state index in [-0.39, 0.29) is 17.6 Å². The van der Waals surface area contributed by atoms with Gasteiger partial charge in [-0.05, 0) is 53.4 Å². The number of amides is 2. The number of carbonyl (C=O) groups is 3. The summed E-state index contributed by atoms with van der Waals surface area (Å²) in [6.45, 7) is 2.22. The highest BCUT2D eigenvalue weighted by molar-refractivity contribution is 6.22. The van der Waals surface area contributed by atoms with Gasteiger partial charge in [-0.3, -0.25) is 14.4 Å². The molecule has 0 radical (unpaired) electrons. The molecule has 0 saturated carbocycles. The lowest BCUT2D eigenvalue weighted by atomic mass is 10.0. The van der Waals surface area contributed by atoms with Crippen LogP contribution in [0, 0.1) is 0 Å². The van der Waals surface area contributed by atoms with E-state index in [1.165, 1.54) is 0 Å². The summed E-state index contributed by atoms with van der Waals surface area (Å²) in [5.41, 5.74) is 6.06. The molecule has 29 heavy (non-hydrogen) atoms. The van der Waals surface area contributed by atoms with Crippen molar-refractivity contribution in [1.82, 2.24) is 0 Å². The lowest BCUT2D eigenvalue weighted by Gasteiger charge is -2.15. The molecule has 142 valence electrons. The topological polar surface area (TPSA) is 66.5 Å². The summed E-state index contributed by atoms with van der Waals surface area (Å²) in [7, 11) is 0. The third kappa shape index (κ3) is 2.74. The minimum absolute atomic E-state index is 0.0179. The van der Waals surface area contributed by atoms with E-state index in [0.717, 1.165) is 28.8 Å². The van der Waals surface area contributed by atoms with Crippen molar-refractivity contribution in [2.24, 2.45) is 0 Å². The van der Waals surface area contributed by atoms with E-state index in [9.17, 15) is 14.4 Å². The number of hydrogen-bond acceptors (Lipinski definition) is 3. The molecule has 0 fully saturated rings. The van der Waals surface area contributed by atoms with Crippen molar-refractivity contribution in [3.63, 3.8) is 0 Å². The molecule has 2 aliphatic rings. The lowest BCUT2D eigenvalue weighted by Crippen LogP contribution is -2.25. The Kier molecular flexibility index (Phi) is 3.84. The molecule has 5 rings (SSSR count). The predicted molar refractivity (Wildman–Crippen MR) is 111 cm³/mol. The second kappa shape index (κ2) is 6.41. The van der Waals surface area contributed by atoms with Crippen molar-refractivity contribution in [1.29, 1.82) is 0 Å². The van der Waals surface area contributed by atoms with Crippen LogP contribution >= 0.6 is 0 Å². The number of rotatable bonds is 2. The van der Waals surface area contributed by atoms with Gasteiger partial charge in [-0.1, -0.05) is 30.3 Å². The SMILES string of the molecule is CC(=O)N1CCc2cc(NC(=O)c3ccc4c(c3)C(=O)c3ccccc3-4)ccc21. The van der Waals surface area contributed by atoms with Gasteiger partial charge < -0.3 is 10.2 Å². The van der Waals surface area contributed by atoms with Crippen LogP contribution in [-0.4, -0.2) is 24.1 Å². The van der Waals surface area contributed by atoms with E-state index in [1.807, 2.05) is 42.5 Å². The van der Waals surface area contributed by atoms with E-state index >= 15 is 0 Å². The highest BCUT2D eigenvalue weighted by Crippen LogP contribution is 2.37. The van der Waals surface area contributed by atoms with Crippen molar-refractivity contribution in [2.45, 2.75) is 13.3 Å². The van der Waals surface area contributed by atoms with Gasteiger partial charge in [0.2, 0.25) is 5.91 Å². The summed E-state index contributed by atoms with van der Waals surface area (Å²) in [6.07, 6.45) is 0.768. The van der Waals surface area contributed by atoms with E-state index in [0.29, 0.717) is 28.9 Å². The van der Waals surface area contributed by atoms with E-state index in [1.54, 1.807) is 30.0 Å². The standard InChI is InChI=1S/C24H18N2O3/c1-14(27)26-11-10-15-12-17(7-9-22(15)26)25-24(29)16-6-8-19-18-4-2-3-5-20(18)23(28)21(19)13-16/h2-9,12-13H,10-11H2,1H3,(H,25,29). The molecule has 2 amide bonds. The Balaban J connectivity index is 1.41. The number of benzene rings is 3. The number of hydrogen-bond donors (Lipinski definition) is 1. The van der Waals surface area contributed by atoms with E-state index < -0.39 is 0 Å². The number of nitrogens with zero attached hydrogens (tertiary/aromatic N) is 1. The van der Waals surface area contributed by atoms with Crippen molar-refractivity contribution >= 4 is 29.0 Å². The maximum atomic E-state index is 12.8. The van der Waals surface area contributed by atoms with Crippen LogP contribution in [0.5, 0.6) is 0 Å². The van der Waals surface area contributed by atoms with Gasteiger partial charge in [-0.15, -0.1) is 0 Å². The molecule has 0 atom stereocenters. The fourth-order valence-electron chi connectivity index (χ4n) is 4.18. The molecule has 5 nitrogen and oxygen atoms in total. The quantitative estimate of drug-likeness (QED) is 0.569. The largest absolute Gasteiger partial charge is 0.322 e. The second-order valence-electron chi connectivity index (χ2n) is 7.35. The van der Waals surface area contributed by atoms with Gasteiger partial charge in [0, 0.05) is 41.5 Å². The minimum atomic E-state index is -0.266. The van der Waals surface area contributed by atoms with Crippen LogP contribution in [0.15, 0.2) is 60.7 Å². The zero-order valence-electron chi connectivity index (χ0n) is 15.9. The molecule has 0 bridgehead atoms. The molecule has 1 aliphatic carbocycles. The first-order valence-electron chi connectivity index (χ1n) is 9.53. The average molecular weight is 382 g/mol. The molecule has 0 unspecified atom stereocenters. The average Bonchev–Trinajstić information content (AvgIpc) is 3.27. The number of nitrogens with one attached hydrogen (secondary N) is 1. The van der Waals surface area contributed by atoms with Gasteiger partial charge in [0.25, 0.3) is 5.91 Å². The van der Waals surface area contributed by atoms with Crippen LogP contribution in [0.25, 0.3) is 11.1 Å². The molecule has 0 saturated heterocycles. The third-order valence-corrected chi connectivity index (χ3v) is 5.60. The maximum absolute atomic E-state index is 12.8. The highest BCUT2D eigenvalue weighted by Gasteiger charge is 2.27. The van der Waals surface area contributed by atoms with Crippen LogP contribution in [0.4, 0.5) is 11.4 Å². The summed E-state index contributed by atoms with van der Waals surface area (Å²) in [5, 5.41) is 2.91. The van der Waals surface area contributed by atoms with Crippen LogP contribution < -0.4 is 10.2 Å². The van der Waals surface area contributed by atoms with Crippen molar-refractivity contribution < 1.29 is 14.4 Å². The lowest BCUT2D eigenvalue weighted by molar-refractivity contribution is -0.116. The molecule has 1 aliphatic heterocycles. The Morgan fingerprint density at radius 3 is 2.45 bits per heavy atom. The normalized spacial score (nSPS) is 13.7. The zero-order chi connectivity index (χ0) is 20.1. The monoisotopic (exact) mass is 382 g/mol. The first-order chi connectivity index (χ1) is 14.0. The molecule has 0 spiro atoms. The fourth-order valence-corrected chi connectivity index (χ4v) is 4.18. The number of anilines is 2. The van der Waals surface area contributed by atoms with Gasteiger partial charge in [-0.2, -0.15) is 0 Å². The summed E-state index contributed by atoms with van der Waals surface area (Å²) >= 11 is 0. The molecule has 3 aromatic rings. The van der Waals surface area contributed by atoms with E-state index in [4.69, 9.17) is 0 Å². The van der Waals surface area contributed by atoms with Crippen LogP contribution in [0.3, 0.4) is 0 Å².